The van der Waals surface area contributed by atoms with Crippen LogP contribution in [0.2, 0.25) is 0 Å². The zero-order valence-corrected chi connectivity index (χ0v) is 15.7. The molecule has 2 rings (SSSR count). The van der Waals surface area contributed by atoms with Gasteiger partial charge in [-0.3, -0.25) is 4.68 Å². The molecule has 1 N–H and O–H groups in total. The smallest absolute Gasteiger partial charge is 0.123 e. The topological polar surface area (TPSA) is 42.3 Å². The van der Waals surface area contributed by atoms with Crippen molar-refractivity contribution < 1.29 is 4.74 Å². The third kappa shape index (κ3) is 4.36. The monoisotopic (exact) mass is 330 g/mol. The summed E-state index contributed by atoms with van der Waals surface area (Å²) in [4.78, 5) is 2.22. The van der Waals surface area contributed by atoms with Crippen molar-refractivity contribution in [2.24, 2.45) is 7.05 Å². The van der Waals surface area contributed by atoms with E-state index in [1.54, 1.807) is 7.11 Å². The molecule has 0 radical (unpaired) electrons. The molecule has 1 atom stereocenters. The Hall–Kier alpha value is -1.85. The van der Waals surface area contributed by atoms with Crippen LogP contribution >= 0.6 is 0 Å². The van der Waals surface area contributed by atoms with Crippen LogP contribution in [0.1, 0.15) is 42.6 Å². The first-order valence-electron chi connectivity index (χ1n) is 8.46. The molecule has 2 aromatic rings. The van der Waals surface area contributed by atoms with E-state index in [9.17, 15) is 0 Å². The highest BCUT2D eigenvalue weighted by Crippen LogP contribution is 2.27. The van der Waals surface area contributed by atoms with E-state index in [0.717, 1.165) is 18.8 Å². The summed E-state index contributed by atoms with van der Waals surface area (Å²) in [6.07, 6.45) is 2.11. The van der Waals surface area contributed by atoms with Crippen molar-refractivity contribution in [3.63, 3.8) is 0 Å². The first-order valence-corrected chi connectivity index (χ1v) is 8.46. The van der Waals surface area contributed by atoms with E-state index in [0.29, 0.717) is 5.92 Å². The molecule has 1 aromatic heterocycles. The predicted octanol–water partition coefficient (Wildman–Crippen LogP) is 2.94. The van der Waals surface area contributed by atoms with Gasteiger partial charge in [-0.1, -0.05) is 32.0 Å². The molecule has 0 spiro atoms. The van der Waals surface area contributed by atoms with E-state index in [4.69, 9.17) is 4.74 Å². The highest BCUT2D eigenvalue weighted by molar-refractivity contribution is 5.36. The summed E-state index contributed by atoms with van der Waals surface area (Å²) >= 11 is 0. The lowest BCUT2D eigenvalue weighted by Crippen LogP contribution is -2.31. The predicted molar refractivity (Wildman–Crippen MR) is 98.4 cm³/mol. The Morgan fingerprint density at radius 2 is 1.96 bits per heavy atom. The molecule has 0 bridgehead atoms. The Morgan fingerprint density at radius 3 is 2.58 bits per heavy atom. The second kappa shape index (κ2) is 8.31. The highest BCUT2D eigenvalue weighted by Gasteiger charge is 2.18. The van der Waals surface area contributed by atoms with Gasteiger partial charge in [-0.15, -0.1) is 0 Å². The molecule has 0 aliphatic rings. The van der Waals surface area contributed by atoms with Gasteiger partial charge in [-0.05, 0) is 26.1 Å². The maximum atomic E-state index is 5.53. The summed E-state index contributed by atoms with van der Waals surface area (Å²) in [5, 5.41) is 8.17. The summed E-state index contributed by atoms with van der Waals surface area (Å²) in [6.45, 7) is 6.03. The fourth-order valence-electron chi connectivity index (χ4n) is 3.03. The maximum absolute atomic E-state index is 5.53. The largest absolute Gasteiger partial charge is 0.496 e. The van der Waals surface area contributed by atoms with Crippen molar-refractivity contribution in [2.45, 2.75) is 32.4 Å². The Balaban J connectivity index is 2.08. The molecule has 0 fully saturated rings. The molecule has 5 nitrogen and oxygen atoms in total. The van der Waals surface area contributed by atoms with Gasteiger partial charge in [0.2, 0.25) is 0 Å². The van der Waals surface area contributed by atoms with Gasteiger partial charge in [0, 0.05) is 37.5 Å². The number of aryl methyl sites for hydroxylation is 1. The lowest BCUT2D eigenvalue weighted by Gasteiger charge is -2.26. The molecule has 0 amide bonds. The van der Waals surface area contributed by atoms with Gasteiger partial charge in [0.15, 0.2) is 0 Å². The Labute approximate surface area is 145 Å². The molecule has 24 heavy (non-hydrogen) atoms. The molecular formula is C19H30N4O. The van der Waals surface area contributed by atoms with Crippen molar-refractivity contribution >= 4 is 0 Å². The molecule has 0 saturated heterocycles. The van der Waals surface area contributed by atoms with Crippen LogP contribution in [0, 0.1) is 0 Å². The number of nitrogens with one attached hydrogen (secondary N) is 1. The molecule has 132 valence electrons. The van der Waals surface area contributed by atoms with Crippen LogP contribution < -0.4 is 10.1 Å². The number of nitrogens with zero attached hydrogens (tertiary/aromatic N) is 3. The number of rotatable bonds is 8. The van der Waals surface area contributed by atoms with Crippen LogP contribution in [0.5, 0.6) is 5.75 Å². The van der Waals surface area contributed by atoms with Crippen LogP contribution in [-0.4, -0.2) is 42.4 Å². The van der Waals surface area contributed by atoms with Crippen LogP contribution in [-0.2, 0) is 13.6 Å². The zero-order valence-electron chi connectivity index (χ0n) is 15.7. The van der Waals surface area contributed by atoms with E-state index in [1.165, 1.54) is 16.8 Å². The second-order valence-corrected chi connectivity index (χ2v) is 6.72. The average molecular weight is 330 g/mol. The fraction of sp³-hybridized carbons (Fsp3) is 0.526. The third-order valence-corrected chi connectivity index (χ3v) is 4.26. The molecule has 0 aliphatic carbocycles. The number of ether oxygens (including phenoxy) is 1. The fourth-order valence-corrected chi connectivity index (χ4v) is 3.03. The average Bonchev–Trinajstić information content (AvgIpc) is 2.92. The lowest BCUT2D eigenvalue weighted by molar-refractivity contribution is 0.279. The summed E-state index contributed by atoms with van der Waals surface area (Å²) in [5.74, 6) is 1.36. The number of likely N-dealkylation sites (N-methyl/N-ethyl adjacent to an activating group) is 1. The number of hydrogen-bond donors (Lipinski definition) is 1. The van der Waals surface area contributed by atoms with Crippen molar-refractivity contribution in [3.8, 4) is 5.75 Å². The van der Waals surface area contributed by atoms with Gasteiger partial charge in [0.25, 0.3) is 0 Å². The normalized spacial score (nSPS) is 12.8. The molecule has 5 heteroatoms. The van der Waals surface area contributed by atoms with Crippen LogP contribution in [0.4, 0.5) is 0 Å². The first-order chi connectivity index (χ1) is 11.4. The van der Waals surface area contributed by atoms with Gasteiger partial charge in [0.05, 0.1) is 18.8 Å². The van der Waals surface area contributed by atoms with E-state index in [-0.39, 0.29) is 6.04 Å². The lowest BCUT2D eigenvalue weighted by atomic mass is 10.0. The minimum Gasteiger partial charge on any atom is -0.496 e. The van der Waals surface area contributed by atoms with Gasteiger partial charge >= 0.3 is 0 Å². The maximum Gasteiger partial charge on any atom is 0.123 e. The minimum absolute atomic E-state index is 0.250. The third-order valence-electron chi connectivity index (χ3n) is 4.26. The molecule has 0 saturated carbocycles. The SMILES string of the molecule is COc1ccccc1[C@H](CNCc1cn(C)nc1C(C)C)N(C)C. The highest BCUT2D eigenvalue weighted by atomic mass is 16.5. The molecule has 1 heterocycles. The second-order valence-electron chi connectivity index (χ2n) is 6.72. The van der Waals surface area contributed by atoms with Crippen molar-refractivity contribution in [2.75, 3.05) is 27.7 Å². The van der Waals surface area contributed by atoms with Crippen molar-refractivity contribution in [1.82, 2.24) is 20.0 Å². The van der Waals surface area contributed by atoms with Crippen LogP contribution in [0.15, 0.2) is 30.5 Å². The Kier molecular flexibility index (Phi) is 6.40. The summed E-state index contributed by atoms with van der Waals surface area (Å²) in [6, 6.07) is 8.47. The van der Waals surface area contributed by atoms with Gasteiger partial charge < -0.3 is 15.0 Å². The van der Waals surface area contributed by atoms with Crippen molar-refractivity contribution in [1.29, 1.82) is 0 Å². The van der Waals surface area contributed by atoms with E-state index < -0.39 is 0 Å². The van der Waals surface area contributed by atoms with Gasteiger partial charge in [-0.2, -0.15) is 5.10 Å². The summed E-state index contributed by atoms with van der Waals surface area (Å²) in [5.41, 5.74) is 3.64. The first kappa shape index (κ1) is 18.5. The minimum atomic E-state index is 0.250. The van der Waals surface area contributed by atoms with Gasteiger partial charge in [-0.25, -0.2) is 0 Å². The van der Waals surface area contributed by atoms with Crippen molar-refractivity contribution in [3.05, 3.63) is 47.3 Å². The van der Waals surface area contributed by atoms with Crippen LogP contribution in [0.25, 0.3) is 0 Å². The summed E-state index contributed by atoms with van der Waals surface area (Å²) < 4.78 is 7.43. The Bertz CT molecular complexity index is 649. The molecule has 1 aromatic carbocycles. The molecular weight excluding hydrogens is 300 g/mol. The Morgan fingerprint density at radius 1 is 1.25 bits per heavy atom. The molecule has 0 aliphatic heterocycles. The van der Waals surface area contributed by atoms with Crippen LogP contribution in [0.3, 0.4) is 0 Å². The standard InChI is InChI=1S/C19H30N4O/c1-14(2)19-15(13-23(5)21-19)11-20-12-17(22(3)4)16-9-7-8-10-18(16)24-6/h7-10,13-14,17,20H,11-12H2,1-6H3/t17-/m0/s1. The number of hydrogen-bond acceptors (Lipinski definition) is 4. The summed E-state index contributed by atoms with van der Waals surface area (Å²) in [7, 11) is 7.90. The zero-order chi connectivity index (χ0) is 17.7. The van der Waals surface area contributed by atoms with E-state index in [1.807, 2.05) is 23.9 Å². The number of aromatic nitrogens is 2. The number of benzene rings is 1. The quantitative estimate of drug-likeness (QED) is 0.808. The molecule has 0 unspecified atom stereocenters. The van der Waals surface area contributed by atoms with E-state index >= 15 is 0 Å². The number of methoxy groups -OCH3 is 1. The number of para-hydroxylation sites is 1. The van der Waals surface area contributed by atoms with E-state index in [2.05, 4.69) is 61.6 Å². The van der Waals surface area contributed by atoms with Gasteiger partial charge in [0.1, 0.15) is 5.75 Å².